The fourth-order valence-corrected chi connectivity index (χ4v) is 6.67. The number of fused-ring (bicyclic) bond motifs is 2. The molecule has 2 aliphatic rings. The van der Waals surface area contributed by atoms with Gasteiger partial charge in [0, 0.05) is 60.0 Å². The quantitative estimate of drug-likeness (QED) is 0.189. The first-order valence-corrected chi connectivity index (χ1v) is 16.0. The van der Waals surface area contributed by atoms with Crippen LogP contribution in [0.2, 0.25) is 0 Å². The van der Waals surface area contributed by atoms with Crippen molar-refractivity contribution in [3.8, 4) is 34.2 Å². The molecule has 5 heterocycles. The Hall–Kier alpha value is -5.00. The topological polar surface area (TPSA) is 120 Å². The Kier molecular flexibility index (Phi) is 6.52. The third-order valence-electron chi connectivity index (χ3n) is 9.14. The van der Waals surface area contributed by atoms with Gasteiger partial charge in [0.15, 0.2) is 5.65 Å². The largest absolute Gasteiger partial charge is 0.478 e. The van der Waals surface area contributed by atoms with Gasteiger partial charge in [-0.1, -0.05) is 26.0 Å². The zero-order chi connectivity index (χ0) is 31.9. The molecule has 12 nitrogen and oxygen atoms in total. The third-order valence-corrected chi connectivity index (χ3v) is 9.14. The first-order valence-electron chi connectivity index (χ1n) is 16.0. The molecule has 5 aromatic heterocycles. The number of aryl methyl sites for hydroxylation is 1. The molecular formula is C34H37N9O3. The molecule has 6 aromatic rings. The number of carbonyl (C=O) groups is 1. The van der Waals surface area contributed by atoms with Crippen LogP contribution in [0, 0.1) is 5.92 Å². The van der Waals surface area contributed by atoms with E-state index in [1.165, 1.54) is 5.69 Å². The summed E-state index contributed by atoms with van der Waals surface area (Å²) in [5.41, 5.74) is 7.57. The van der Waals surface area contributed by atoms with Gasteiger partial charge in [-0.15, -0.1) is 5.10 Å². The molecule has 0 bridgehead atoms. The Labute approximate surface area is 265 Å². The highest BCUT2D eigenvalue weighted by Crippen LogP contribution is 2.48. The van der Waals surface area contributed by atoms with E-state index in [0.29, 0.717) is 30.5 Å². The summed E-state index contributed by atoms with van der Waals surface area (Å²) in [6.45, 7) is 6.52. The maximum Gasteiger partial charge on any atom is 0.311 e. The van der Waals surface area contributed by atoms with Crippen LogP contribution < -0.4 is 4.74 Å². The predicted molar refractivity (Wildman–Crippen MR) is 173 cm³/mol. The van der Waals surface area contributed by atoms with Gasteiger partial charge in [-0.05, 0) is 44.2 Å². The number of ether oxygens (including phenoxy) is 2. The van der Waals surface area contributed by atoms with Gasteiger partial charge < -0.3 is 14.0 Å². The second-order valence-electron chi connectivity index (χ2n) is 12.8. The highest BCUT2D eigenvalue weighted by molar-refractivity contribution is 5.95. The second kappa shape index (κ2) is 10.5. The van der Waals surface area contributed by atoms with Crippen molar-refractivity contribution in [1.29, 1.82) is 0 Å². The average Bonchev–Trinajstić information content (AvgIpc) is 3.85. The SMILES string of the molecule is CCOC(=O)[C@@H]1C[C@H]1n1cc(-n2cc3c(-c4nc(-c5cc6cn(C)nc6nc5C(C)C)n(C)c4C4CC4)cccc3n2)c(OC)n1. The van der Waals surface area contributed by atoms with Crippen LogP contribution in [0.5, 0.6) is 5.88 Å². The van der Waals surface area contributed by atoms with Crippen LogP contribution in [0.4, 0.5) is 0 Å². The molecule has 0 unspecified atom stereocenters. The summed E-state index contributed by atoms with van der Waals surface area (Å²) in [5, 5.41) is 16.1. The molecule has 2 fully saturated rings. The van der Waals surface area contributed by atoms with Gasteiger partial charge in [0.2, 0.25) is 0 Å². The number of aromatic nitrogens is 9. The van der Waals surface area contributed by atoms with Gasteiger partial charge in [-0.2, -0.15) is 10.2 Å². The third kappa shape index (κ3) is 4.57. The van der Waals surface area contributed by atoms with E-state index in [-0.39, 0.29) is 23.8 Å². The highest BCUT2D eigenvalue weighted by Gasteiger charge is 2.47. The van der Waals surface area contributed by atoms with Crippen LogP contribution in [0.3, 0.4) is 0 Å². The fourth-order valence-electron chi connectivity index (χ4n) is 6.67. The van der Waals surface area contributed by atoms with E-state index >= 15 is 0 Å². The lowest BCUT2D eigenvalue weighted by Gasteiger charge is -2.12. The van der Waals surface area contributed by atoms with Gasteiger partial charge >= 0.3 is 5.97 Å². The van der Waals surface area contributed by atoms with E-state index in [1.807, 2.05) is 54.1 Å². The summed E-state index contributed by atoms with van der Waals surface area (Å²) in [6.07, 6.45) is 8.91. The lowest BCUT2D eigenvalue weighted by Crippen LogP contribution is -2.09. The molecule has 1 aromatic carbocycles. The van der Waals surface area contributed by atoms with Crippen molar-refractivity contribution in [3.63, 3.8) is 0 Å². The predicted octanol–water partition coefficient (Wildman–Crippen LogP) is 5.70. The van der Waals surface area contributed by atoms with Gasteiger partial charge in [-0.3, -0.25) is 14.2 Å². The number of rotatable bonds is 9. The normalized spacial score (nSPS) is 17.8. The molecule has 0 amide bonds. The van der Waals surface area contributed by atoms with Gasteiger partial charge in [-0.25, -0.2) is 14.6 Å². The highest BCUT2D eigenvalue weighted by atomic mass is 16.5. The van der Waals surface area contributed by atoms with Crippen molar-refractivity contribution in [2.75, 3.05) is 13.7 Å². The first kappa shape index (κ1) is 28.5. The lowest BCUT2D eigenvalue weighted by molar-refractivity contribution is -0.145. The Morgan fingerprint density at radius 1 is 1.04 bits per heavy atom. The van der Waals surface area contributed by atoms with Crippen LogP contribution >= 0.6 is 0 Å². The minimum atomic E-state index is -0.190. The molecule has 236 valence electrons. The van der Waals surface area contributed by atoms with E-state index in [2.05, 4.69) is 47.8 Å². The summed E-state index contributed by atoms with van der Waals surface area (Å²) in [4.78, 5) is 22.7. The van der Waals surface area contributed by atoms with Crippen LogP contribution in [-0.4, -0.2) is 63.6 Å². The zero-order valence-electron chi connectivity index (χ0n) is 26.9. The number of nitrogens with zero attached hydrogens (tertiary/aromatic N) is 9. The van der Waals surface area contributed by atoms with E-state index in [0.717, 1.165) is 63.1 Å². The van der Waals surface area contributed by atoms with Crippen molar-refractivity contribution in [3.05, 3.63) is 54.2 Å². The maximum atomic E-state index is 12.3. The van der Waals surface area contributed by atoms with Crippen LogP contribution in [0.25, 0.3) is 50.3 Å². The zero-order valence-corrected chi connectivity index (χ0v) is 26.9. The lowest BCUT2D eigenvalue weighted by atomic mass is 10.0. The molecule has 0 aliphatic heterocycles. The molecule has 2 saturated carbocycles. The number of hydrogen-bond acceptors (Lipinski definition) is 8. The van der Waals surface area contributed by atoms with Crippen molar-refractivity contribution in [1.82, 2.24) is 43.9 Å². The summed E-state index contributed by atoms with van der Waals surface area (Å²) < 4.78 is 18.6. The molecule has 0 spiro atoms. The fraction of sp³-hybridized carbons (Fsp3) is 0.412. The summed E-state index contributed by atoms with van der Waals surface area (Å²) in [7, 11) is 5.65. The molecule has 12 heteroatoms. The summed E-state index contributed by atoms with van der Waals surface area (Å²) in [5.74, 6) is 1.63. The van der Waals surface area contributed by atoms with Crippen molar-refractivity contribution in [2.24, 2.45) is 20.0 Å². The summed E-state index contributed by atoms with van der Waals surface area (Å²) >= 11 is 0. The molecule has 0 N–H and O–H groups in total. The number of benzene rings is 1. The van der Waals surface area contributed by atoms with Crippen LogP contribution in [0.15, 0.2) is 42.9 Å². The molecule has 2 aliphatic carbocycles. The van der Waals surface area contributed by atoms with Crippen molar-refractivity contribution >= 4 is 27.9 Å². The van der Waals surface area contributed by atoms with Crippen LogP contribution in [0.1, 0.15) is 69.3 Å². The smallest absolute Gasteiger partial charge is 0.311 e. The van der Waals surface area contributed by atoms with Gasteiger partial charge in [0.1, 0.15) is 11.5 Å². The average molecular weight is 620 g/mol. The number of carbonyl (C=O) groups excluding carboxylic acids is 1. The standard InChI is InChI=1S/C34H37N9O3/c1-7-46-34(44)22-14-26(22)43-17-27(33(39-43)45-6)42-16-24-21(9-8-10-25(24)37-42)29-30(19-11-12-19)41(5)32(36-29)23-13-20-15-40(4)38-31(20)35-28(23)18(2)3/h8-10,13,15-19,22,26H,7,11-12,14H2,1-6H3/t22-,26-/m1/s1. The van der Waals surface area contributed by atoms with Crippen LogP contribution in [-0.2, 0) is 23.6 Å². The Bertz CT molecular complexity index is 2150. The molecule has 46 heavy (non-hydrogen) atoms. The molecular weight excluding hydrogens is 582 g/mol. The minimum absolute atomic E-state index is 0.0496. The van der Waals surface area contributed by atoms with E-state index in [4.69, 9.17) is 24.5 Å². The Morgan fingerprint density at radius 3 is 2.61 bits per heavy atom. The number of esters is 1. The molecule has 2 atom stereocenters. The Morgan fingerprint density at radius 2 is 1.87 bits per heavy atom. The van der Waals surface area contributed by atoms with E-state index in [9.17, 15) is 4.79 Å². The number of pyridine rings is 1. The minimum Gasteiger partial charge on any atom is -0.478 e. The monoisotopic (exact) mass is 619 g/mol. The molecule has 0 saturated heterocycles. The maximum absolute atomic E-state index is 12.3. The number of imidazole rings is 1. The van der Waals surface area contributed by atoms with Crippen molar-refractivity contribution in [2.45, 2.75) is 57.9 Å². The van der Waals surface area contributed by atoms with Crippen molar-refractivity contribution < 1.29 is 14.3 Å². The summed E-state index contributed by atoms with van der Waals surface area (Å²) in [6, 6.07) is 8.32. The number of methoxy groups -OCH3 is 1. The molecule has 0 radical (unpaired) electrons. The number of hydrogen-bond donors (Lipinski definition) is 0. The second-order valence-corrected chi connectivity index (χ2v) is 12.8. The molecule has 8 rings (SSSR count). The van der Waals surface area contributed by atoms with Gasteiger partial charge in [0.25, 0.3) is 5.88 Å². The van der Waals surface area contributed by atoms with E-state index in [1.54, 1.807) is 11.8 Å². The van der Waals surface area contributed by atoms with E-state index < -0.39 is 0 Å². The van der Waals surface area contributed by atoms with Gasteiger partial charge in [0.05, 0.1) is 48.8 Å². The Balaban J connectivity index is 1.23. The first-order chi connectivity index (χ1) is 22.2.